The fourth-order valence-corrected chi connectivity index (χ4v) is 2.62. The fourth-order valence-electron chi connectivity index (χ4n) is 2.62. The SMILES string of the molecule is Cc1cc(C)cc(-n2c(N)nc3c(C)nn(C)c32)c1. The van der Waals surface area contributed by atoms with Crippen molar-refractivity contribution in [3.63, 3.8) is 0 Å². The first-order chi connectivity index (χ1) is 8.97. The van der Waals surface area contributed by atoms with Crippen molar-refractivity contribution >= 4 is 17.1 Å². The van der Waals surface area contributed by atoms with Crippen LogP contribution in [0.5, 0.6) is 0 Å². The minimum atomic E-state index is 0.496. The normalized spacial score (nSPS) is 11.4. The van der Waals surface area contributed by atoms with Crippen LogP contribution in [0.1, 0.15) is 16.8 Å². The second-order valence-corrected chi connectivity index (χ2v) is 5.03. The first-order valence-corrected chi connectivity index (χ1v) is 6.23. The number of hydrogen-bond donors (Lipinski definition) is 1. The highest BCUT2D eigenvalue weighted by Crippen LogP contribution is 2.25. The van der Waals surface area contributed by atoms with E-state index in [4.69, 9.17) is 5.73 Å². The third kappa shape index (κ3) is 1.69. The molecule has 0 radical (unpaired) electrons. The zero-order chi connectivity index (χ0) is 13.7. The Morgan fingerprint density at radius 3 is 2.32 bits per heavy atom. The molecule has 0 aliphatic rings. The molecule has 2 N–H and O–H groups in total. The summed E-state index contributed by atoms with van der Waals surface area (Å²) < 4.78 is 3.78. The molecular weight excluding hydrogens is 238 g/mol. The Labute approximate surface area is 111 Å². The van der Waals surface area contributed by atoms with Gasteiger partial charge in [0.15, 0.2) is 5.65 Å². The third-order valence-corrected chi connectivity index (χ3v) is 3.29. The average molecular weight is 255 g/mol. The maximum Gasteiger partial charge on any atom is 0.207 e. The lowest BCUT2D eigenvalue weighted by atomic mass is 10.1. The number of hydrogen-bond acceptors (Lipinski definition) is 3. The molecule has 5 heteroatoms. The van der Waals surface area contributed by atoms with Crippen LogP contribution in [0.3, 0.4) is 0 Å². The van der Waals surface area contributed by atoms with E-state index in [-0.39, 0.29) is 0 Å². The summed E-state index contributed by atoms with van der Waals surface area (Å²) in [7, 11) is 1.91. The standard InChI is InChI=1S/C14H17N5/c1-8-5-9(2)7-11(6-8)19-13-12(16-14(19)15)10(3)17-18(13)4/h5-7H,1-4H3,(H2,15,16). The van der Waals surface area contributed by atoms with E-state index in [1.165, 1.54) is 11.1 Å². The number of nitrogens with zero attached hydrogens (tertiary/aromatic N) is 4. The molecule has 0 amide bonds. The van der Waals surface area contributed by atoms with Crippen molar-refractivity contribution < 1.29 is 0 Å². The molecule has 0 atom stereocenters. The monoisotopic (exact) mass is 255 g/mol. The van der Waals surface area contributed by atoms with Gasteiger partial charge in [0.2, 0.25) is 5.95 Å². The van der Waals surface area contributed by atoms with E-state index >= 15 is 0 Å². The van der Waals surface area contributed by atoms with Gasteiger partial charge in [0.25, 0.3) is 0 Å². The van der Waals surface area contributed by atoms with Crippen molar-refractivity contribution in [1.82, 2.24) is 19.3 Å². The van der Waals surface area contributed by atoms with Gasteiger partial charge in [-0.15, -0.1) is 0 Å². The van der Waals surface area contributed by atoms with Gasteiger partial charge in [-0.25, -0.2) is 9.67 Å². The zero-order valence-corrected chi connectivity index (χ0v) is 11.6. The number of aromatic nitrogens is 4. The Balaban J connectivity index is 2.38. The Morgan fingerprint density at radius 1 is 1.05 bits per heavy atom. The number of imidazole rings is 1. The van der Waals surface area contributed by atoms with Crippen LogP contribution in [-0.4, -0.2) is 19.3 Å². The van der Waals surface area contributed by atoms with Crippen molar-refractivity contribution in [3.8, 4) is 5.69 Å². The highest BCUT2D eigenvalue weighted by molar-refractivity contribution is 5.80. The van der Waals surface area contributed by atoms with Gasteiger partial charge in [-0.2, -0.15) is 5.10 Å². The van der Waals surface area contributed by atoms with Crippen molar-refractivity contribution in [1.29, 1.82) is 0 Å². The van der Waals surface area contributed by atoms with Crippen LogP contribution < -0.4 is 5.73 Å². The van der Waals surface area contributed by atoms with Crippen LogP contribution in [0.2, 0.25) is 0 Å². The van der Waals surface area contributed by atoms with Gasteiger partial charge in [0.05, 0.1) is 11.4 Å². The van der Waals surface area contributed by atoms with Crippen molar-refractivity contribution in [2.24, 2.45) is 7.05 Å². The summed E-state index contributed by atoms with van der Waals surface area (Å²) in [5.41, 5.74) is 12.2. The molecule has 5 nitrogen and oxygen atoms in total. The number of fused-ring (bicyclic) bond motifs is 1. The molecule has 0 aliphatic heterocycles. The predicted molar refractivity (Wildman–Crippen MR) is 76.5 cm³/mol. The van der Waals surface area contributed by atoms with E-state index < -0.39 is 0 Å². The smallest absolute Gasteiger partial charge is 0.207 e. The number of nitrogen functional groups attached to an aromatic ring is 1. The molecule has 0 aliphatic carbocycles. The Bertz CT molecular complexity index is 759. The quantitative estimate of drug-likeness (QED) is 0.725. The minimum Gasteiger partial charge on any atom is -0.369 e. The number of anilines is 1. The molecule has 0 saturated carbocycles. The van der Waals surface area contributed by atoms with Gasteiger partial charge in [0.1, 0.15) is 5.52 Å². The average Bonchev–Trinajstić information content (AvgIpc) is 2.76. The Hall–Kier alpha value is -2.30. The topological polar surface area (TPSA) is 61.7 Å². The molecule has 3 aromatic rings. The highest BCUT2D eigenvalue weighted by atomic mass is 15.3. The van der Waals surface area contributed by atoms with Crippen LogP contribution in [0, 0.1) is 20.8 Å². The lowest BCUT2D eigenvalue weighted by Crippen LogP contribution is -2.05. The summed E-state index contributed by atoms with van der Waals surface area (Å²) in [4.78, 5) is 4.43. The van der Waals surface area contributed by atoms with E-state index in [0.29, 0.717) is 5.95 Å². The molecular formula is C14H17N5. The van der Waals surface area contributed by atoms with E-state index in [0.717, 1.165) is 22.5 Å². The zero-order valence-electron chi connectivity index (χ0n) is 11.6. The summed E-state index contributed by atoms with van der Waals surface area (Å²) >= 11 is 0. The van der Waals surface area contributed by atoms with Crippen molar-refractivity contribution in [2.45, 2.75) is 20.8 Å². The summed E-state index contributed by atoms with van der Waals surface area (Å²) in [6.45, 7) is 6.10. The van der Waals surface area contributed by atoms with Crippen LogP contribution >= 0.6 is 0 Å². The maximum atomic E-state index is 6.08. The molecule has 0 spiro atoms. The lowest BCUT2D eigenvalue weighted by Gasteiger charge is -2.09. The van der Waals surface area contributed by atoms with Crippen molar-refractivity contribution in [3.05, 3.63) is 35.0 Å². The second kappa shape index (κ2) is 3.85. The molecule has 0 bridgehead atoms. The number of benzene rings is 1. The summed E-state index contributed by atoms with van der Waals surface area (Å²) in [5, 5.41) is 4.40. The van der Waals surface area contributed by atoms with Crippen LogP contribution in [0.15, 0.2) is 18.2 Å². The predicted octanol–water partition coefficient (Wildman–Crippen LogP) is 2.27. The first kappa shape index (κ1) is 11.8. The minimum absolute atomic E-state index is 0.496. The van der Waals surface area contributed by atoms with E-state index in [9.17, 15) is 0 Å². The number of aryl methyl sites for hydroxylation is 4. The molecule has 0 unspecified atom stereocenters. The van der Waals surface area contributed by atoms with Crippen LogP contribution in [0.4, 0.5) is 5.95 Å². The maximum absolute atomic E-state index is 6.08. The van der Waals surface area contributed by atoms with Gasteiger partial charge in [-0.05, 0) is 44.0 Å². The molecule has 0 saturated heterocycles. The Morgan fingerprint density at radius 2 is 1.68 bits per heavy atom. The van der Waals surface area contributed by atoms with E-state index in [2.05, 4.69) is 42.1 Å². The summed E-state index contributed by atoms with van der Waals surface area (Å²) in [6.07, 6.45) is 0. The first-order valence-electron chi connectivity index (χ1n) is 6.23. The molecule has 0 fully saturated rings. The summed E-state index contributed by atoms with van der Waals surface area (Å²) in [6, 6.07) is 6.35. The van der Waals surface area contributed by atoms with E-state index in [1.54, 1.807) is 0 Å². The third-order valence-electron chi connectivity index (χ3n) is 3.29. The molecule has 1 aromatic carbocycles. The number of nitrogens with two attached hydrogens (primary N) is 1. The molecule has 2 heterocycles. The molecule has 19 heavy (non-hydrogen) atoms. The number of rotatable bonds is 1. The van der Waals surface area contributed by atoms with Gasteiger partial charge in [0, 0.05) is 7.05 Å². The van der Waals surface area contributed by atoms with Gasteiger partial charge < -0.3 is 5.73 Å². The second-order valence-electron chi connectivity index (χ2n) is 5.03. The van der Waals surface area contributed by atoms with Gasteiger partial charge in [-0.3, -0.25) is 4.57 Å². The van der Waals surface area contributed by atoms with Crippen LogP contribution in [-0.2, 0) is 7.05 Å². The lowest BCUT2D eigenvalue weighted by molar-refractivity contribution is 0.762. The van der Waals surface area contributed by atoms with Gasteiger partial charge in [-0.1, -0.05) is 6.07 Å². The van der Waals surface area contributed by atoms with Crippen molar-refractivity contribution in [2.75, 3.05) is 5.73 Å². The van der Waals surface area contributed by atoms with Crippen LogP contribution in [0.25, 0.3) is 16.9 Å². The molecule has 3 rings (SSSR count). The Kier molecular flexibility index (Phi) is 2.38. The highest BCUT2D eigenvalue weighted by Gasteiger charge is 2.17. The largest absolute Gasteiger partial charge is 0.369 e. The van der Waals surface area contributed by atoms with E-state index in [1.807, 2.05) is 23.2 Å². The molecule has 98 valence electrons. The summed E-state index contributed by atoms with van der Waals surface area (Å²) in [5.74, 6) is 0.496. The fraction of sp³-hybridized carbons (Fsp3) is 0.286. The van der Waals surface area contributed by atoms with Gasteiger partial charge >= 0.3 is 0 Å². The molecule has 2 aromatic heterocycles.